The Bertz CT molecular complexity index is 1150. The maximum atomic E-state index is 12.2. The van der Waals surface area contributed by atoms with Crippen LogP contribution in [0.2, 0.25) is 0 Å². The summed E-state index contributed by atoms with van der Waals surface area (Å²) in [7, 11) is -2.25. The first kappa shape index (κ1) is 18.6. The molecule has 0 saturated carbocycles. The van der Waals surface area contributed by atoms with E-state index in [4.69, 9.17) is 5.14 Å². The van der Waals surface area contributed by atoms with Gasteiger partial charge in [0.2, 0.25) is 15.9 Å². The van der Waals surface area contributed by atoms with Crippen LogP contribution >= 0.6 is 23.1 Å². The van der Waals surface area contributed by atoms with Gasteiger partial charge in [-0.25, -0.2) is 18.5 Å². The predicted molar refractivity (Wildman–Crippen MR) is 102 cm³/mol. The van der Waals surface area contributed by atoms with Crippen LogP contribution in [0.25, 0.3) is 10.2 Å². The molecule has 0 unspecified atom stereocenters. The van der Waals surface area contributed by atoms with Gasteiger partial charge in [0.15, 0.2) is 5.16 Å². The van der Waals surface area contributed by atoms with E-state index in [0.717, 1.165) is 11.8 Å². The molecule has 0 radical (unpaired) electrons. The van der Waals surface area contributed by atoms with Crippen LogP contribution in [0.15, 0.2) is 50.6 Å². The number of nitrogens with one attached hydrogen (secondary N) is 1. The smallest absolute Gasteiger partial charge is 0.262 e. The summed E-state index contributed by atoms with van der Waals surface area (Å²) in [5.74, 6) is -0.348. The molecule has 0 spiro atoms. The van der Waals surface area contributed by atoms with Crippen molar-refractivity contribution < 1.29 is 13.2 Å². The lowest BCUT2D eigenvalue weighted by Gasteiger charge is -2.08. The second kappa shape index (κ2) is 7.19. The number of primary sulfonamides is 1. The average Bonchev–Trinajstić information content (AvgIpc) is 3.05. The fourth-order valence-electron chi connectivity index (χ4n) is 2.19. The number of fused-ring (bicyclic) bond motifs is 1. The largest absolute Gasteiger partial charge is 0.325 e. The van der Waals surface area contributed by atoms with Crippen molar-refractivity contribution in [3.05, 3.63) is 46.1 Å². The Morgan fingerprint density at radius 1 is 1.38 bits per heavy atom. The Labute approximate surface area is 157 Å². The van der Waals surface area contributed by atoms with Crippen molar-refractivity contribution in [3.8, 4) is 0 Å². The fraction of sp³-hybridized carbons (Fsp3) is 0.133. The van der Waals surface area contributed by atoms with Crippen LogP contribution in [0, 0.1) is 0 Å². The molecule has 26 heavy (non-hydrogen) atoms. The van der Waals surface area contributed by atoms with Crippen molar-refractivity contribution in [2.45, 2.75) is 10.1 Å². The van der Waals surface area contributed by atoms with E-state index in [9.17, 15) is 18.0 Å². The SMILES string of the molecule is Cn1c(SCC(=O)Nc2cccc(S(N)(=O)=O)c2)nc2sccc2c1=O. The summed E-state index contributed by atoms with van der Waals surface area (Å²) in [6.45, 7) is 0. The van der Waals surface area contributed by atoms with E-state index < -0.39 is 10.0 Å². The van der Waals surface area contributed by atoms with Crippen molar-refractivity contribution in [2.24, 2.45) is 12.2 Å². The number of anilines is 1. The van der Waals surface area contributed by atoms with Gasteiger partial charge in [-0.1, -0.05) is 17.8 Å². The van der Waals surface area contributed by atoms with Gasteiger partial charge in [-0.05, 0) is 29.6 Å². The molecule has 0 aliphatic heterocycles. The van der Waals surface area contributed by atoms with Crippen molar-refractivity contribution in [1.29, 1.82) is 0 Å². The maximum Gasteiger partial charge on any atom is 0.262 e. The number of aromatic nitrogens is 2. The molecule has 2 aromatic heterocycles. The quantitative estimate of drug-likeness (QED) is 0.484. The molecule has 0 saturated heterocycles. The number of carbonyl (C=O) groups is 1. The second-order valence-corrected chi connectivity index (χ2v) is 8.71. The molecular formula is C15H14N4O4S3. The second-order valence-electron chi connectivity index (χ2n) is 5.31. The first-order valence-electron chi connectivity index (χ1n) is 7.25. The molecule has 0 aliphatic rings. The minimum absolute atomic E-state index is 0.0107. The summed E-state index contributed by atoms with van der Waals surface area (Å²) in [5, 5.41) is 10.4. The van der Waals surface area contributed by atoms with E-state index in [1.54, 1.807) is 24.6 Å². The third kappa shape index (κ3) is 3.96. The third-order valence-electron chi connectivity index (χ3n) is 3.44. The van der Waals surface area contributed by atoms with E-state index in [2.05, 4.69) is 10.3 Å². The van der Waals surface area contributed by atoms with Crippen LogP contribution < -0.4 is 16.0 Å². The van der Waals surface area contributed by atoms with Gasteiger partial charge < -0.3 is 5.32 Å². The van der Waals surface area contributed by atoms with E-state index >= 15 is 0 Å². The number of nitrogens with zero attached hydrogens (tertiary/aromatic N) is 2. The van der Waals surface area contributed by atoms with Crippen LogP contribution in [0.4, 0.5) is 5.69 Å². The van der Waals surface area contributed by atoms with Gasteiger partial charge in [-0.3, -0.25) is 14.2 Å². The molecule has 1 aromatic carbocycles. The summed E-state index contributed by atoms with van der Waals surface area (Å²) >= 11 is 2.48. The Morgan fingerprint density at radius 3 is 2.88 bits per heavy atom. The van der Waals surface area contributed by atoms with Crippen molar-refractivity contribution in [2.75, 3.05) is 11.1 Å². The number of nitrogens with two attached hydrogens (primary N) is 1. The van der Waals surface area contributed by atoms with Crippen LogP contribution in [-0.2, 0) is 21.9 Å². The molecule has 0 fully saturated rings. The van der Waals surface area contributed by atoms with E-state index in [-0.39, 0.29) is 22.1 Å². The first-order chi connectivity index (χ1) is 12.3. The lowest BCUT2D eigenvalue weighted by Crippen LogP contribution is -2.21. The summed E-state index contributed by atoms with van der Waals surface area (Å²) in [6.07, 6.45) is 0. The van der Waals surface area contributed by atoms with Crippen LogP contribution in [0.1, 0.15) is 0 Å². The number of rotatable bonds is 5. The number of sulfonamides is 1. The predicted octanol–water partition coefficient (Wildman–Crippen LogP) is 1.37. The first-order valence-corrected chi connectivity index (χ1v) is 10.7. The maximum absolute atomic E-state index is 12.2. The highest BCUT2D eigenvalue weighted by Crippen LogP contribution is 2.21. The fourth-order valence-corrected chi connectivity index (χ4v) is 4.32. The monoisotopic (exact) mass is 410 g/mol. The molecule has 2 heterocycles. The minimum atomic E-state index is -3.85. The lowest BCUT2D eigenvalue weighted by molar-refractivity contribution is -0.113. The van der Waals surface area contributed by atoms with Gasteiger partial charge >= 0.3 is 0 Å². The highest BCUT2D eigenvalue weighted by atomic mass is 32.2. The molecule has 0 atom stereocenters. The van der Waals surface area contributed by atoms with E-state index in [0.29, 0.717) is 21.1 Å². The molecule has 0 aliphatic carbocycles. The third-order valence-corrected chi connectivity index (χ3v) is 6.19. The number of benzene rings is 1. The Hall–Kier alpha value is -2.21. The standard InChI is InChI=1S/C15H14N4O4S3/c1-19-14(21)11-5-6-24-13(11)18-15(19)25-8-12(20)17-9-3-2-4-10(7-9)26(16,22)23/h2-7H,8H2,1H3,(H,17,20)(H2,16,22,23). The molecule has 0 bridgehead atoms. The van der Waals surface area contributed by atoms with Crippen LogP contribution in [0.3, 0.4) is 0 Å². The van der Waals surface area contributed by atoms with Crippen molar-refractivity contribution >= 4 is 54.9 Å². The number of carbonyl (C=O) groups excluding carboxylic acids is 1. The molecule has 3 N–H and O–H groups in total. The molecule has 3 aromatic rings. The van der Waals surface area contributed by atoms with Gasteiger partial charge in [0.1, 0.15) is 4.83 Å². The topological polar surface area (TPSA) is 124 Å². The van der Waals surface area contributed by atoms with Crippen molar-refractivity contribution in [3.63, 3.8) is 0 Å². The zero-order valence-corrected chi connectivity index (χ0v) is 16.0. The van der Waals surface area contributed by atoms with E-state index in [1.807, 2.05) is 0 Å². The normalized spacial score (nSPS) is 11.6. The molecule has 1 amide bonds. The highest BCUT2D eigenvalue weighted by Gasteiger charge is 2.13. The summed E-state index contributed by atoms with van der Waals surface area (Å²) in [5.41, 5.74) is 0.151. The summed E-state index contributed by atoms with van der Waals surface area (Å²) in [6, 6.07) is 7.38. The Morgan fingerprint density at radius 2 is 2.15 bits per heavy atom. The molecular weight excluding hydrogens is 396 g/mol. The molecule has 136 valence electrons. The number of thioether (sulfide) groups is 1. The lowest BCUT2D eigenvalue weighted by atomic mass is 10.3. The highest BCUT2D eigenvalue weighted by molar-refractivity contribution is 7.99. The summed E-state index contributed by atoms with van der Waals surface area (Å²) < 4.78 is 24.1. The van der Waals surface area contributed by atoms with Crippen LogP contribution in [0.5, 0.6) is 0 Å². The van der Waals surface area contributed by atoms with Gasteiger partial charge in [-0.2, -0.15) is 0 Å². The van der Waals surface area contributed by atoms with Gasteiger partial charge in [0.25, 0.3) is 5.56 Å². The molecule has 3 rings (SSSR count). The molecule has 11 heteroatoms. The Balaban J connectivity index is 1.72. The minimum Gasteiger partial charge on any atom is -0.325 e. The van der Waals surface area contributed by atoms with Gasteiger partial charge in [0.05, 0.1) is 16.0 Å². The molecule has 8 nitrogen and oxygen atoms in total. The zero-order chi connectivity index (χ0) is 18.9. The number of thiophene rings is 1. The Kier molecular flexibility index (Phi) is 5.14. The number of hydrogen-bond acceptors (Lipinski definition) is 7. The average molecular weight is 411 g/mol. The van der Waals surface area contributed by atoms with Crippen LogP contribution in [-0.4, -0.2) is 29.6 Å². The number of hydrogen-bond donors (Lipinski definition) is 2. The number of amides is 1. The summed E-state index contributed by atoms with van der Waals surface area (Å²) in [4.78, 5) is 29.3. The zero-order valence-electron chi connectivity index (χ0n) is 13.5. The van der Waals surface area contributed by atoms with Gasteiger partial charge in [0, 0.05) is 12.7 Å². The van der Waals surface area contributed by atoms with Crippen molar-refractivity contribution in [1.82, 2.24) is 9.55 Å². The van der Waals surface area contributed by atoms with E-state index in [1.165, 1.54) is 34.1 Å². The van der Waals surface area contributed by atoms with Gasteiger partial charge in [-0.15, -0.1) is 11.3 Å².